The number of hydrogen-bond acceptors (Lipinski definition) is 4. The number of ketones is 1. The zero-order chi connectivity index (χ0) is 15.1. The summed E-state index contributed by atoms with van der Waals surface area (Å²) in [5, 5.41) is 0. The van der Waals surface area contributed by atoms with Crippen molar-refractivity contribution in [2.24, 2.45) is 0 Å². The fourth-order valence-electron chi connectivity index (χ4n) is 2.26. The second-order valence-electron chi connectivity index (χ2n) is 6.18. The molecule has 1 aromatic heterocycles. The van der Waals surface area contributed by atoms with Gasteiger partial charge in [0.05, 0.1) is 18.8 Å². The first-order valence-corrected chi connectivity index (χ1v) is 6.74. The van der Waals surface area contributed by atoms with Gasteiger partial charge in [-0.25, -0.2) is 9.78 Å². The molecule has 0 bridgehead atoms. The molecule has 0 spiro atoms. The molecule has 2 rings (SSSR count). The Kier molecular flexibility index (Phi) is 3.58. The van der Waals surface area contributed by atoms with E-state index in [0.717, 1.165) is 5.82 Å². The Hall–Kier alpha value is -1.85. The van der Waals surface area contributed by atoms with Gasteiger partial charge in [0, 0.05) is 13.5 Å². The predicted octanol–water partition coefficient (Wildman–Crippen LogP) is 2.22. The molecule has 1 amide bonds. The van der Waals surface area contributed by atoms with Gasteiger partial charge in [0.1, 0.15) is 17.1 Å². The summed E-state index contributed by atoms with van der Waals surface area (Å²) >= 11 is 0. The molecule has 110 valence electrons. The highest BCUT2D eigenvalue weighted by Gasteiger charge is 2.32. The van der Waals surface area contributed by atoms with E-state index in [1.165, 1.54) is 6.92 Å². The van der Waals surface area contributed by atoms with E-state index < -0.39 is 5.60 Å². The first-order chi connectivity index (χ1) is 9.19. The number of imidazole rings is 1. The average molecular weight is 279 g/mol. The van der Waals surface area contributed by atoms with Crippen LogP contribution in [0.25, 0.3) is 0 Å². The van der Waals surface area contributed by atoms with Gasteiger partial charge in [-0.15, -0.1) is 0 Å². The van der Waals surface area contributed by atoms with Gasteiger partial charge < -0.3 is 9.30 Å². The summed E-state index contributed by atoms with van der Waals surface area (Å²) in [6.45, 7) is 9.91. The summed E-state index contributed by atoms with van der Waals surface area (Å²) in [5.74, 6) is 0.709. The van der Waals surface area contributed by atoms with Gasteiger partial charge in [-0.2, -0.15) is 0 Å². The van der Waals surface area contributed by atoms with Gasteiger partial charge in [0.2, 0.25) is 0 Å². The highest BCUT2D eigenvalue weighted by molar-refractivity contribution is 5.92. The zero-order valence-corrected chi connectivity index (χ0v) is 12.6. The Labute approximate surface area is 118 Å². The minimum atomic E-state index is -0.520. The number of ether oxygens (including phenoxy) is 1. The third-order valence-electron chi connectivity index (χ3n) is 3.22. The lowest BCUT2D eigenvalue weighted by molar-refractivity contribution is 0.00926. The van der Waals surface area contributed by atoms with Gasteiger partial charge in [0.25, 0.3) is 0 Å². The van der Waals surface area contributed by atoms with E-state index in [0.29, 0.717) is 18.8 Å². The van der Waals surface area contributed by atoms with Crippen LogP contribution >= 0.6 is 0 Å². The number of rotatable bonds is 1. The molecule has 0 saturated heterocycles. The van der Waals surface area contributed by atoms with Gasteiger partial charge >= 0.3 is 6.09 Å². The minimum Gasteiger partial charge on any atom is -0.444 e. The van der Waals surface area contributed by atoms with Crippen molar-refractivity contribution >= 4 is 11.9 Å². The van der Waals surface area contributed by atoms with E-state index in [2.05, 4.69) is 4.98 Å². The normalized spacial score (nSPS) is 18.6. The molecule has 0 saturated carbocycles. The molecule has 0 fully saturated rings. The summed E-state index contributed by atoms with van der Waals surface area (Å²) in [7, 11) is 0. The van der Waals surface area contributed by atoms with Crippen LogP contribution in [0.5, 0.6) is 0 Å². The third-order valence-corrected chi connectivity index (χ3v) is 3.22. The molecule has 0 N–H and O–H groups in total. The highest BCUT2D eigenvalue weighted by atomic mass is 16.6. The van der Waals surface area contributed by atoms with Gasteiger partial charge in [-0.3, -0.25) is 9.69 Å². The molecular formula is C14H21N3O3. The van der Waals surface area contributed by atoms with Crippen molar-refractivity contribution < 1.29 is 14.3 Å². The van der Waals surface area contributed by atoms with Crippen LogP contribution in [0.2, 0.25) is 0 Å². The molecule has 20 heavy (non-hydrogen) atoms. The molecule has 6 heteroatoms. The third kappa shape index (κ3) is 2.84. The van der Waals surface area contributed by atoms with Crippen molar-refractivity contribution in [3.8, 4) is 0 Å². The van der Waals surface area contributed by atoms with Crippen molar-refractivity contribution in [2.45, 2.75) is 59.4 Å². The maximum absolute atomic E-state index is 12.2. The Balaban J connectivity index is 2.20. The maximum Gasteiger partial charge on any atom is 0.411 e. The van der Waals surface area contributed by atoms with Gasteiger partial charge in [-0.05, 0) is 27.7 Å². The second-order valence-corrected chi connectivity index (χ2v) is 6.18. The lowest BCUT2D eigenvalue weighted by Crippen LogP contribution is -2.47. The topological polar surface area (TPSA) is 64.4 Å². The molecule has 1 aliphatic heterocycles. The van der Waals surface area contributed by atoms with Crippen molar-refractivity contribution in [1.82, 2.24) is 14.5 Å². The second kappa shape index (κ2) is 4.92. The summed E-state index contributed by atoms with van der Waals surface area (Å²) in [6, 6.07) is -0.0374. The van der Waals surface area contributed by atoms with Crippen molar-refractivity contribution in [3.63, 3.8) is 0 Å². The number of amides is 1. The Morgan fingerprint density at radius 3 is 2.60 bits per heavy atom. The van der Waals surface area contributed by atoms with Crippen LogP contribution < -0.4 is 0 Å². The quantitative estimate of drug-likeness (QED) is 0.739. The number of carbonyl (C=O) groups excluding carboxylic acids is 2. The largest absolute Gasteiger partial charge is 0.444 e. The molecule has 0 radical (unpaired) electrons. The van der Waals surface area contributed by atoms with Crippen molar-refractivity contribution in [3.05, 3.63) is 17.7 Å². The number of fused-ring (bicyclic) bond motifs is 1. The van der Waals surface area contributed by atoms with Crippen LogP contribution in [0.15, 0.2) is 6.20 Å². The summed E-state index contributed by atoms with van der Waals surface area (Å²) in [6.07, 6.45) is 1.23. The summed E-state index contributed by atoms with van der Waals surface area (Å²) < 4.78 is 7.28. The van der Waals surface area contributed by atoms with Crippen molar-refractivity contribution in [2.75, 3.05) is 0 Å². The molecular weight excluding hydrogens is 258 g/mol. The minimum absolute atomic E-state index is 0.0123. The maximum atomic E-state index is 12.2. The molecule has 2 heterocycles. The number of nitrogens with zero attached hydrogens (tertiary/aromatic N) is 3. The highest BCUT2D eigenvalue weighted by Crippen LogP contribution is 2.21. The lowest BCUT2D eigenvalue weighted by Gasteiger charge is -2.35. The molecule has 6 nitrogen and oxygen atoms in total. The number of aromatic nitrogens is 2. The first-order valence-electron chi connectivity index (χ1n) is 6.74. The van der Waals surface area contributed by atoms with Crippen molar-refractivity contribution in [1.29, 1.82) is 0 Å². The summed E-state index contributed by atoms with van der Waals surface area (Å²) in [4.78, 5) is 29.6. The predicted molar refractivity (Wildman–Crippen MR) is 73.5 cm³/mol. The van der Waals surface area contributed by atoms with E-state index in [9.17, 15) is 9.59 Å². The van der Waals surface area contributed by atoms with Gasteiger partial charge in [0.15, 0.2) is 5.78 Å². The first kappa shape index (κ1) is 14.6. The van der Waals surface area contributed by atoms with Crippen LogP contribution in [-0.2, 0) is 17.8 Å². The van der Waals surface area contributed by atoms with Crippen LogP contribution in [-0.4, -0.2) is 38.0 Å². The molecule has 1 aromatic rings. The van der Waals surface area contributed by atoms with Crippen LogP contribution in [0.4, 0.5) is 4.79 Å². The van der Waals surface area contributed by atoms with E-state index in [4.69, 9.17) is 4.74 Å². The van der Waals surface area contributed by atoms with E-state index in [1.807, 2.05) is 32.3 Å². The van der Waals surface area contributed by atoms with Crippen LogP contribution in [0, 0.1) is 0 Å². The Morgan fingerprint density at radius 1 is 1.40 bits per heavy atom. The number of carbonyl (C=O) groups is 2. The lowest BCUT2D eigenvalue weighted by atomic mass is 10.2. The van der Waals surface area contributed by atoms with Crippen LogP contribution in [0.1, 0.15) is 50.9 Å². The fourth-order valence-corrected chi connectivity index (χ4v) is 2.26. The van der Waals surface area contributed by atoms with E-state index in [-0.39, 0.29) is 17.9 Å². The Morgan fingerprint density at radius 2 is 2.05 bits per heavy atom. The number of hydrogen-bond donors (Lipinski definition) is 0. The molecule has 1 atom stereocenters. The van der Waals surface area contributed by atoms with Crippen LogP contribution in [0.3, 0.4) is 0 Å². The summed E-state index contributed by atoms with van der Waals surface area (Å²) in [5.41, 5.74) is 0.0736. The smallest absolute Gasteiger partial charge is 0.411 e. The molecule has 1 aliphatic rings. The standard InChI is InChI=1S/C14H21N3O3/c1-9-7-17-11(10(2)18)6-15-12(17)8-16(9)13(19)20-14(3,4)5/h6,9H,7-8H2,1-5H3. The van der Waals surface area contributed by atoms with Gasteiger partial charge in [-0.1, -0.05) is 0 Å². The molecule has 1 unspecified atom stereocenters. The average Bonchev–Trinajstić information content (AvgIpc) is 2.68. The molecule has 0 aliphatic carbocycles. The van der Waals surface area contributed by atoms with E-state index >= 15 is 0 Å². The monoisotopic (exact) mass is 279 g/mol. The van der Waals surface area contributed by atoms with E-state index in [1.54, 1.807) is 11.1 Å². The number of Topliss-reactive ketones (excluding diaryl/α,β-unsaturated/α-hetero) is 1. The SMILES string of the molecule is CC(=O)c1cnc2n1CC(C)N(C(=O)OC(C)(C)C)C2. The molecule has 0 aromatic carbocycles. The fraction of sp³-hybridized carbons (Fsp3) is 0.643. The Bertz CT molecular complexity index is 542. The zero-order valence-electron chi connectivity index (χ0n) is 12.6.